The lowest BCUT2D eigenvalue weighted by atomic mass is 10.1. The number of carbonyl (C=O) groups excluding carboxylic acids is 3. The molecule has 3 aromatic rings. The molecule has 170 valence electrons. The van der Waals surface area contributed by atoms with Gasteiger partial charge in [0.25, 0.3) is 5.91 Å². The second kappa shape index (κ2) is 10.5. The molecule has 7 nitrogen and oxygen atoms in total. The van der Waals surface area contributed by atoms with E-state index in [2.05, 4.69) is 5.10 Å². The number of amides is 1. The Bertz CT molecular complexity index is 1140. The number of thiophene rings is 2. The van der Waals surface area contributed by atoms with Crippen molar-refractivity contribution in [2.75, 3.05) is 13.2 Å². The molecule has 0 saturated heterocycles. The van der Waals surface area contributed by atoms with Gasteiger partial charge in [-0.15, -0.1) is 22.7 Å². The summed E-state index contributed by atoms with van der Waals surface area (Å²) in [5.41, 5.74) is 1.43. The van der Waals surface area contributed by atoms with E-state index in [1.54, 1.807) is 53.9 Å². The third-order valence-electron chi connectivity index (χ3n) is 5.05. The van der Waals surface area contributed by atoms with Crippen LogP contribution in [0.3, 0.4) is 0 Å². The molecule has 0 spiro atoms. The molecule has 0 radical (unpaired) electrons. The molecule has 0 N–H and O–H groups in total. The van der Waals surface area contributed by atoms with Gasteiger partial charge in [0, 0.05) is 23.3 Å². The summed E-state index contributed by atoms with van der Waals surface area (Å²) < 4.78 is 10.5. The predicted molar refractivity (Wildman–Crippen MR) is 127 cm³/mol. The van der Waals surface area contributed by atoms with Crippen LogP contribution in [-0.4, -0.2) is 41.6 Å². The normalized spacial score (nSPS) is 15.2. The Morgan fingerprint density at radius 1 is 1.03 bits per heavy atom. The summed E-state index contributed by atoms with van der Waals surface area (Å²) in [6.07, 6.45) is 1.03. The van der Waals surface area contributed by atoms with Gasteiger partial charge in [-0.05, 0) is 47.2 Å². The van der Waals surface area contributed by atoms with Gasteiger partial charge >= 0.3 is 5.97 Å². The Balaban J connectivity index is 1.32. The number of nitrogens with zero attached hydrogens (tertiary/aromatic N) is 2. The molecule has 4 rings (SSSR count). The quantitative estimate of drug-likeness (QED) is 0.326. The van der Waals surface area contributed by atoms with Crippen molar-refractivity contribution in [3.63, 3.8) is 0 Å². The van der Waals surface area contributed by atoms with E-state index in [0.29, 0.717) is 24.2 Å². The first-order valence-corrected chi connectivity index (χ1v) is 12.2. The first kappa shape index (κ1) is 22.9. The van der Waals surface area contributed by atoms with Crippen molar-refractivity contribution < 1.29 is 23.9 Å². The van der Waals surface area contributed by atoms with Gasteiger partial charge in [0.05, 0.1) is 16.6 Å². The van der Waals surface area contributed by atoms with Crippen LogP contribution in [0.4, 0.5) is 0 Å². The van der Waals surface area contributed by atoms with Crippen molar-refractivity contribution >= 4 is 46.0 Å². The van der Waals surface area contributed by atoms with E-state index >= 15 is 0 Å². The zero-order valence-corrected chi connectivity index (χ0v) is 19.6. The molecule has 3 heterocycles. The monoisotopic (exact) mass is 482 g/mol. The molecule has 1 aliphatic heterocycles. The molecule has 1 unspecified atom stereocenters. The second-order valence-electron chi connectivity index (χ2n) is 7.25. The molecule has 1 amide bonds. The third kappa shape index (κ3) is 5.55. The predicted octanol–water partition coefficient (Wildman–Crippen LogP) is 4.70. The van der Waals surface area contributed by atoms with Crippen molar-refractivity contribution in [3.8, 4) is 5.75 Å². The summed E-state index contributed by atoms with van der Waals surface area (Å²) in [6, 6.07) is 14.2. The highest BCUT2D eigenvalue weighted by Gasteiger charge is 2.34. The maximum Gasteiger partial charge on any atom is 0.344 e. The maximum absolute atomic E-state index is 12.9. The fourth-order valence-corrected chi connectivity index (χ4v) is 4.90. The van der Waals surface area contributed by atoms with Crippen molar-refractivity contribution in [3.05, 3.63) is 74.6 Å². The topological polar surface area (TPSA) is 85.3 Å². The van der Waals surface area contributed by atoms with Gasteiger partial charge in [0.15, 0.2) is 19.0 Å². The minimum Gasteiger partial charge on any atom is -0.482 e. The fraction of sp³-hybridized carbons (Fsp3) is 0.250. The van der Waals surface area contributed by atoms with Crippen LogP contribution in [0.2, 0.25) is 0 Å². The van der Waals surface area contributed by atoms with Crippen LogP contribution in [0.25, 0.3) is 0 Å². The number of ether oxygens (including phenoxy) is 2. The zero-order chi connectivity index (χ0) is 23.2. The Morgan fingerprint density at radius 2 is 1.79 bits per heavy atom. The van der Waals surface area contributed by atoms with Crippen molar-refractivity contribution in [2.24, 2.45) is 5.10 Å². The van der Waals surface area contributed by atoms with E-state index in [9.17, 15) is 14.4 Å². The minimum absolute atomic E-state index is 0.0344. The van der Waals surface area contributed by atoms with Gasteiger partial charge in [-0.1, -0.05) is 19.1 Å². The number of Topliss-reactive ketones (excluding diaryl/α,β-unsaturated/α-hetero) is 1. The number of hydrogen-bond donors (Lipinski definition) is 0. The van der Waals surface area contributed by atoms with Gasteiger partial charge in [-0.25, -0.2) is 9.80 Å². The lowest BCUT2D eigenvalue weighted by molar-refractivity contribution is -0.154. The molecule has 9 heteroatoms. The highest BCUT2D eigenvalue weighted by atomic mass is 32.1. The lowest BCUT2D eigenvalue weighted by Gasteiger charge is -2.20. The highest BCUT2D eigenvalue weighted by molar-refractivity contribution is 7.12. The van der Waals surface area contributed by atoms with Gasteiger partial charge in [0.2, 0.25) is 0 Å². The second-order valence-corrected chi connectivity index (χ2v) is 9.18. The van der Waals surface area contributed by atoms with Gasteiger partial charge in [-0.3, -0.25) is 9.59 Å². The number of hydrogen-bond acceptors (Lipinski definition) is 8. The molecule has 2 aromatic heterocycles. The van der Waals surface area contributed by atoms with E-state index in [1.807, 2.05) is 35.0 Å². The summed E-state index contributed by atoms with van der Waals surface area (Å²) in [7, 11) is 0. The van der Waals surface area contributed by atoms with Crippen LogP contribution < -0.4 is 4.74 Å². The molecule has 1 aromatic carbocycles. The molecule has 1 aliphatic rings. The van der Waals surface area contributed by atoms with Gasteiger partial charge < -0.3 is 9.47 Å². The minimum atomic E-state index is -0.661. The van der Waals surface area contributed by atoms with Crippen LogP contribution in [0.5, 0.6) is 5.75 Å². The highest BCUT2D eigenvalue weighted by Crippen LogP contribution is 2.35. The van der Waals surface area contributed by atoms with E-state index in [-0.39, 0.29) is 18.4 Å². The maximum atomic E-state index is 12.9. The molecular weight excluding hydrogens is 460 g/mol. The average molecular weight is 483 g/mol. The Labute approximate surface area is 199 Å². The number of rotatable bonds is 9. The number of esters is 1. The smallest absolute Gasteiger partial charge is 0.344 e. The van der Waals surface area contributed by atoms with Crippen molar-refractivity contribution in [2.45, 2.75) is 25.8 Å². The first-order chi connectivity index (χ1) is 16.0. The third-order valence-corrected chi connectivity index (χ3v) is 6.95. The molecule has 33 heavy (non-hydrogen) atoms. The van der Waals surface area contributed by atoms with Gasteiger partial charge in [0.1, 0.15) is 5.75 Å². The molecule has 0 bridgehead atoms. The van der Waals surface area contributed by atoms with E-state index in [0.717, 1.165) is 15.5 Å². The summed E-state index contributed by atoms with van der Waals surface area (Å²) in [4.78, 5) is 38.7. The standard InChI is InChI=1S/C24H22N2O5S2/c1-2-20(27)16-7-9-17(10-8-16)30-15-24(29)31-14-23(28)26-19(22-6-4-12-33-22)13-18(25-26)21-5-3-11-32-21/h3-12,19H,2,13-15H2,1H3. The van der Waals surface area contributed by atoms with E-state index in [1.165, 1.54) is 5.01 Å². The summed E-state index contributed by atoms with van der Waals surface area (Å²) in [5.74, 6) is -0.581. The lowest BCUT2D eigenvalue weighted by Crippen LogP contribution is -2.31. The van der Waals surface area contributed by atoms with Crippen molar-refractivity contribution in [1.82, 2.24) is 5.01 Å². The van der Waals surface area contributed by atoms with Crippen molar-refractivity contribution in [1.29, 1.82) is 0 Å². The molecule has 0 saturated carbocycles. The summed E-state index contributed by atoms with van der Waals surface area (Å²) in [5, 5.41) is 9.88. The number of ketones is 1. The largest absolute Gasteiger partial charge is 0.482 e. The van der Waals surface area contributed by atoms with E-state index < -0.39 is 18.5 Å². The Kier molecular flexibility index (Phi) is 7.31. The molecule has 0 aliphatic carbocycles. The van der Waals surface area contributed by atoms with Crippen LogP contribution in [-0.2, 0) is 14.3 Å². The Hall–Kier alpha value is -3.30. The Morgan fingerprint density at radius 3 is 2.45 bits per heavy atom. The van der Waals surface area contributed by atoms with Crippen LogP contribution >= 0.6 is 22.7 Å². The van der Waals surface area contributed by atoms with Crippen LogP contribution in [0.15, 0.2) is 64.4 Å². The molecular formula is C24H22N2O5S2. The number of carbonyl (C=O) groups is 3. The van der Waals surface area contributed by atoms with E-state index in [4.69, 9.17) is 9.47 Å². The fourth-order valence-electron chi connectivity index (χ4n) is 3.37. The van der Waals surface area contributed by atoms with Crippen LogP contribution in [0, 0.1) is 0 Å². The van der Waals surface area contributed by atoms with Gasteiger partial charge in [-0.2, -0.15) is 5.10 Å². The number of hydrazone groups is 1. The SMILES string of the molecule is CCC(=O)c1ccc(OCC(=O)OCC(=O)N2N=C(c3cccs3)CC2c2cccs2)cc1. The summed E-state index contributed by atoms with van der Waals surface area (Å²) >= 11 is 3.14. The molecule has 1 atom stereocenters. The summed E-state index contributed by atoms with van der Waals surface area (Å²) in [6.45, 7) is 1.03. The van der Waals surface area contributed by atoms with Crippen LogP contribution in [0.1, 0.15) is 45.9 Å². The molecule has 0 fully saturated rings. The number of benzene rings is 1. The average Bonchev–Trinajstić information content (AvgIpc) is 3.61. The zero-order valence-electron chi connectivity index (χ0n) is 17.9. The first-order valence-electron chi connectivity index (χ1n) is 10.4.